The average molecular weight is 312 g/mol. The molecule has 1 aromatic heterocycles. The van der Waals surface area contributed by atoms with E-state index in [2.05, 4.69) is 38.8 Å². The molecule has 0 fully saturated rings. The van der Waals surface area contributed by atoms with Crippen molar-refractivity contribution in [3.8, 4) is 5.75 Å². The molecule has 0 aliphatic carbocycles. The van der Waals surface area contributed by atoms with E-state index >= 15 is 0 Å². The molecule has 0 aliphatic heterocycles. The van der Waals surface area contributed by atoms with E-state index in [4.69, 9.17) is 0 Å². The Balaban J connectivity index is 1.80. The second-order valence-electron chi connectivity index (χ2n) is 3.75. The number of aromatic hydroxyl groups is 1. The Kier molecular flexibility index (Phi) is 4.59. The maximum absolute atomic E-state index is 9.80. The molecule has 0 spiro atoms. The summed E-state index contributed by atoms with van der Waals surface area (Å²) in [7, 11) is 0. The van der Waals surface area contributed by atoms with Crippen LogP contribution in [0.15, 0.2) is 40.2 Å². The normalized spacial score (nSPS) is 10.6. The van der Waals surface area contributed by atoms with E-state index < -0.39 is 0 Å². The standard InChI is InChI=1S/C13H14BrNOS/c14-12-5-1-3-10(13(12)16)9-15-7-6-11-4-2-8-17-11/h1-5,8,15-16H,6-7,9H2. The molecule has 17 heavy (non-hydrogen) atoms. The number of benzene rings is 1. The van der Waals surface area contributed by atoms with Crippen molar-refractivity contribution in [2.24, 2.45) is 0 Å². The maximum Gasteiger partial charge on any atom is 0.134 e. The van der Waals surface area contributed by atoms with Crippen molar-refractivity contribution in [2.45, 2.75) is 13.0 Å². The first-order chi connectivity index (χ1) is 8.27. The van der Waals surface area contributed by atoms with Crippen LogP contribution < -0.4 is 5.32 Å². The molecule has 2 nitrogen and oxygen atoms in total. The Morgan fingerprint density at radius 1 is 1.24 bits per heavy atom. The molecule has 2 rings (SSSR count). The summed E-state index contributed by atoms with van der Waals surface area (Å²) in [5.74, 6) is 0.330. The monoisotopic (exact) mass is 311 g/mol. The van der Waals surface area contributed by atoms with Crippen molar-refractivity contribution in [1.82, 2.24) is 5.32 Å². The van der Waals surface area contributed by atoms with Gasteiger partial charge in [-0.1, -0.05) is 18.2 Å². The number of halogens is 1. The van der Waals surface area contributed by atoms with Gasteiger partial charge in [-0.25, -0.2) is 0 Å². The minimum atomic E-state index is 0.330. The lowest BCUT2D eigenvalue weighted by Crippen LogP contribution is -2.16. The van der Waals surface area contributed by atoms with Crippen LogP contribution >= 0.6 is 27.3 Å². The van der Waals surface area contributed by atoms with Crippen molar-refractivity contribution in [3.63, 3.8) is 0 Å². The van der Waals surface area contributed by atoms with Crippen LogP contribution in [0.1, 0.15) is 10.4 Å². The lowest BCUT2D eigenvalue weighted by Gasteiger charge is -2.07. The minimum absolute atomic E-state index is 0.330. The zero-order valence-electron chi connectivity index (χ0n) is 9.32. The number of thiophene rings is 1. The topological polar surface area (TPSA) is 32.3 Å². The number of rotatable bonds is 5. The molecule has 0 saturated heterocycles. The van der Waals surface area contributed by atoms with Crippen molar-refractivity contribution in [3.05, 3.63) is 50.6 Å². The van der Waals surface area contributed by atoms with Crippen LogP contribution in [-0.2, 0) is 13.0 Å². The summed E-state index contributed by atoms with van der Waals surface area (Å²) in [6.07, 6.45) is 1.03. The summed E-state index contributed by atoms with van der Waals surface area (Å²) in [4.78, 5) is 1.39. The molecule has 0 bridgehead atoms. The summed E-state index contributed by atoms with van der Waals surface area (Å²) >= 11 is 5.09. The zero-order valence-corrected chi connectivity index (χ0v) is 11.7. The first-order valence-corrected chi connectivity index (χ1v) is 7.14. The number of hydrogen-bond donors (Lipinski definition) is 2. The number of phenols is 1. The van der Waals surface area contributed by atoms with Gasteiger partial charge in [0.1, 0.15) is 5.75 Å². The van der Waals surface area contributed by atoms with Crippen LogP contribution in [0.3, 0.4) is 0 Å². The van der Waals surface area contributed by atoms with E-state index in [-0.39, 0.29) is 0 Å². The quantitative estimate of drug-likeness (QED) is 0.828. The third-order valence-corrected chi connectivity index (χ3v) is 4.09. The highest BCUT2D eigenvalue weighted by atomic mass is 79.9. The van der Waals surface area contributed by atoms with Gasteiger partial charge >= 0.3 is 0 Å². The molecule has 0 saturated carbocycles. The molecular formula is C13H14BrNOS. The first kappa shape index (κ1) is 12.6. The van der Waals surface area contributed by atoms with Crippen molar-refractivity contribution < 1.29 is 5.11 Å². The Labute approximate surface area is 113 Å². The van der Waals surface area contributed by atoms with E-state index in [0.29, 0.717) is 12.3 Å². The minimum Gasteiger partial charge on any atom is -0.506 e. The van der Waals surface area contributed by atoms with Gasteiger partial charge in [-0.15, -0.1) is 11.3 Å². The highest BCUT2D eigenvalue weighted by Crippen LogP contribution is 2.27. The van der Waals surface area contributed by atoms with E-state index in [1.54, 1.807) is 11.3 Å². The largest absolute Gasteiger partial charge is 0.506 e. The van der Waals surface area contributed by atoms with E-state index in [0.717, 1.165) is 23.0 Å². The van der Waals surface area contributed by atoms with Crippen molar-refractivity contribution in [1.29, 1.82) is 0 Å². The molecule has 2 N–H and O–H groups in total. The van der Waals surface area contributed by atoms with Gasteiger partial charge in [0, 0.05) is 23.5 Å². The van der Waals surface area contributed by atoms with Gasteiger partial charge in [0.2, 0.25) is 0 Å². The lowest BCUT2D eigenvalue weighted by molar-refractivity contribution is 0.461. The Morgan fingerprint density at radius 3 is 2.88 bits per heavy atom. The number of hydrogen-bond acceptors (Lipinski definition) is 3. The van der Waals surface area contributed by atoms with Crippen LogP contribution in [0.4, 0.5) is 0 Å². The Morgan fingerprint density at radius 2 is 2.12 bits per heavy atom. The molecule has 0 aliphatic rings. The summed E-state index contributed by atoms with van der Waals surface area (Å²) in [5.41, 5.74) is 0.922. The molecule has 4 heteroatoms. The molecule has 1 heterocycles. The molecule has 0 atom stereocenters. The molecule has 2 aromatic rings. The van der Waals surface area contributed by atoms with Crippen LogP contribution in [0.25, 0.3) is 0 Å². The lowest BCUT2D eigenvalue weighted by atomic mass is 10.2. The molecule has 1 aromatic carbocycles. The molecule has 0 unspecified atom stereocenters. The van der Waals surface area contributed by atoms with Gasteiger partial charge in [-0.2, -0.15) is 0 Å². The van der Waals surface area contributed by atoms with Crippen LogP contribution in [-0.4, -0.2) is 11.7 Å². The fourth-order valence-corrected chi connectivity index (χ4v) is 2.71. The molecular weight excluding hydrogens is 298 g/mol. The molecule has 0 amide bonds. The third kappa shape index (κ3) is 3.56. The molecule has 0 radical (unpaired) electrons. The summed E-state index contributed by atoms with van der Waals surface area (Å²) in [5, 5.41) is 15.2. The van der Waals surface area contributed by atoms with Crippen molar-refractivity contribution in [2.75, 3.05) is 6.54 Å². The van der Waals surface area contributed by atoms with Crippen LogP contribution in [0.5, 0.6) is 5.75 Å². The Hall–Kier alpha value is -0.840. The fourth-order valence-electron chi connectivity index (χ4n) is 1.59. The SMILES string of the molecule is Oc1c(Br)cccc1CNCCc1cccs1. The van der Waals surface area contributed by atoms with Gasteiger partial charge in [0.15, 0.2) is 0 Å². The number of para-hydroxylation sites is 1. The van der Waals surface area contributed by atoms with E-state index in [1.807, 2.05) is 18.2 Å². The summed E-state index contributed by atoms with van der Waals surface area (Å²) in [6, 6.07) is 9.91. The van der Waals surface area contributed by atoms with Crippen LogP contribution in [0, 0.1) is 0 Å². The maximum atomic E-state index is 9.80. The van der Waals surface area contributed by atoms with Crippen molar-refractivity contribution >= 4 is 27.3 Å². The van der Waals surface area contributed by atoms with Gasteiger partial charge in [-0.05, 0) is 39.9 Å². The van der Waals surface area contributed by atoms with Gasteiger partial charge in [0.25, 0.3) is 0 Å². The van der Waals surface area contributed by atoms with Gasteiger partial charge in [-0.3, -0.25) is 0 Å². The zero-order chi connectivity index (χ0) is 12.1. The first-order valence-electron chi connectivity index (χ1n) is 5.47. The number of phenolic OH excluding ortho intramolecular Hbond substituents is 1. The fraction of sp³-hybridized carbons (Fsp3) is 0.231. The predicted molar refractivity (Wildman–Crippen MR) is 75.5 cm³/mol. The molecule has 90 valence electrons. The van der Waals surface area contributed by atoms with Crippen LogP contribution in [0.2, 0.25) is 0 Å². The second-order valence-corrected chi connectivity index (χ2v) is 5.64. The second kappa shape index (κ2) is 6.19. The van der Waals surface area contributed by atoms with E-state index in [9.17, 15) is 5.11 Å². The smallest absolute Gasteiger partial charge is 0.134 e. The summed E-state index contributed by atoms with van der Waals surface area (Å²) < 4.78 is 0.745. The predicted octanol–water partition coefficient (Wildman–Crippen LogP) is 3.55. The highest BCUT2D eigenvalue weighted by Gasteiger charge is 2.03. The third-order valence-electron chi connectivity index (χ3n) is 2.51. The van der Waals surface area contributed by atoms with Gasteiger partial charge in [0.05, 0.1) is 4.47 Å². The summed E-state index contributed by atoms with van der Waals surface area (Å²) in [6.45, 7) is 1.61. The number of nitrogens with one attached hydrogen (secondary N) is 1. The highest BCUT2D eigenvalue weighted by molar-refractivity contribution is 9.10. The van der Waals surface area contributed by atoms with Gasteiger partial charge < -0.3 is 10.4 Å². The Bertz CT molecular complexity index is 470. The van der Waals surface area contributed by atoms with E-state index in [1.165, 1.54) is 4.88 Å². The average Bonchev–Trinajstić information content (AvgIpc) is 2.83.